The van der Waals surface area contributed by atoms with Crippen molar-refractivity contribution in [1.82, 2.24) is 30.6 Å². The smallest absolute Gasteiger partial charge is 0.341 e. The lowest BCUT2D eigenvalue weighted by molar-refractivity contribution is 0.0517. The van der Waals surface area contributed by atoms with Crippen molar-refractivity contribution < 1.29 is 19.1 Å². The minimum atomic E-state index is -0.449. The summed E-state index contributed by atoms with van der Waals surface area (Å²) in [6.07, 6.45) is 3.04. The molecule has 53 heavy (non-hydrogen) atoms. The molecule has 0 bridgehead atoms. The van der Waals surface area contributed by atoms with E-state index < -0.39 is 11.9 Å². The van der Waals surface area contributed by atoms with Crippen LogP contribution in [0.4, 0.5) is 22.7 Å². The molecule has 0 spiro atoms. The van der Waals surface area contributed by atoms with Gasteiger partial charge in [0.05, 0.1) is 46.9 Å². The predicted octanol–water partition coefficient (Wildman–Crippen LogP) is 7.98. The van der Waals surface area contributed by atoms with Gasteiger partial charge in [0.25, 0.3) is 0 Å². The number of benzene rings is 4. The average Bonchev–Trinajstić information content (AvgIpc) is 3.71. The second kappa shape index (κ2) is 16.2. The number of nitrogens with zero attached hydrogens (tertiary/aromatic N) is 6. The third kappa shape index (κ3) is 7.92. The molecule has 0 aliphatic heterocycles. The van der Waals surface area contributed by atoms with Crippen LogP contribution in [0.1, 0.15) is 51.3 Å². The van der Waals surface area contributed by atoms with Crippen LogP contribution in [0.2, 0.25) is 0 Å². The molecular weight excluding hydrogens is 670 g/mol. The fraction of sp³-hybridized carbons (Fsp3) is 0.150. The standard InChI is InChI=1S/C20H18N6O2.C20H17N3O2/c1-3-28-20(27)15-11-21-16-9-8-12(2)10-14(16)18(15)22-17-7-5-4-6-13(17)19-23-25-26-24-19;1-3-25-20(24)16-12-22-18-9-8-13(2)10-15(18)19(16)23-17-7-5-4-6-14(17)11-21/h4-11H,3H2,1-2H3,(H,21,22)(H,23,24,25,26);4-10,12H,3H2,1-2H3,(H,22,23). The molecule has 0 aliphatic carbocycles. The largest absolute Gasteiger partial charge is 0.462 e. The van der Waals surface area contributed by atoms with Crippen molar-refractivity contribution in [2.45, 2.75) is 27.7 Å². The second-order valence-corrected chi connectivity index (χ2v) is 11.8. The summed E-state index contributed by atoms with van der Waals surface area (Å²) in [5, 5.41) is 31.8. The molecule has 13 heteroatoms. The van der Waals surface area contributed by atoms with Gasteiger partial charge in [0.2, 0.25) is 5.82 Å². The fourth-order valence-corrected chi connectivity index (χ4v) is 5.63. The molecule has 7 rings (SSSR count). The maximum absolute atomic E-state index is 12.6. The number of para-hydroxylation sites is 2. The number of hydrogen-bond acceptors (Lipinski definition) is 12. The third-order valence-electron chi connectivity index (χ3n) is 8.12. The third-order valence-corrected chi connectivity index (χ3v) is 8.12. The van der Waals surface area contributed by atoms with Crippen molar-refractivity contribution in [2.75, 3.05) is 23.8 Å². The zero-order valence-corrected chi connectivity index (χ0v) is 29.5. The zero-order valence-electron chi connectivity index (χ0n) is 29.5. The molecule has 0 radical (unpaired) electrons. The lowest BCUT2D eigenvalue weighted by atomic mass is 10.1. The number of H-pyrrole nitrogens is 1. The molecule has 0 unspecified atom stereocenters. The minimum absolute atomic E-state index is 0.277. The quantitative estimate of drug-likeness (QED) is 0.123. The average molecular weight is 706 g/mol. The van der Waals surface area contributed by atoms with E-state index in [1.807, 2.05) is 80.6 Å². The Morgan fingerprint density at radius 3 is 1.79 bits per heavy atom. The Bertz CT molecular complexity index is 2480. The van der Waals surface area contributed by atoms with Gasteiger partial charge >= 0.3 is 11.9 Å². The number of nitrogens with one attached hydrogen (secondary N) is 3. The molecule has 0 saturated carbocycles. The fourth-order valence-electron chi connectivity index (χ4n) is 5.63. The highest BCUT2D eigenvalue weighted by Crippen LogP contribution is 2.34. The molecule has 13 nitrogen and oxygen atoms in total. The van der Waals surface area contributed by atoms with Crippen LogP contribution < -0.4 is 10.6 Å². The molecule has 7 aromatic rings. The maximum atomic E-state index is 12.6. The van der Waals surface area contributed by atoms with Crippen molar-refractivity contribution in [2.24, 2.45) is 0 Å². The summed E-state index contributed by atoms with van der Waals surface area (Å²) >= 11 is 0. The number of nitriles is 1. The van der Waals surface area contributed by atoms with Gasteiger partial charge in [0.1, 0.15) is 17.2 Å². The van der Waals surface area contributed by atoms with E-state index in [0.717, 1.165) is 44.2 Å². The number of aromatic amines is 1. The van der Waals surface area contributed by atoms with Crippen molar-refractivity contribution in [3.8, 4) is 17.5 Å². The van der Waals surface area contributed by atoms with Gasteiger partial charge in [-0.1, -0.05) is 47.5 Å². The molecule has 0 fully saturated rings. The first-order chi connectivity index (χ1) is 25.8. The summed E-state index contributed by atoms with van der Waals surface area (Å²) in [4.78, 5) is 33.7. The molecule has 0 saturated heterocycles. The number of esters is 2. The van der Waals surface area contributed by atoms with E-state index >= 15 is 0 Å². The van der Waals surface area contributed by atoms with E-state index in [4.69, 9.17) is 9.47 Å². The number of hydrogen-bond donors (Lipinski definition) is 3. The Hall–Kier alpha value is -7.20. The number of aryl methyl sites for hydroxylation is 2. The van der Waals surface area contributed by atoms with Gasteiger partial charge in [0.15, 0.2) is 0 Å². The van der Waals surface area contributed by atoms with Crippen molar-refractivity contribution in [3.05, 3.63) is 125 Å². The number of carbonyl (C=O) groups excluding carboxylic acids is 2. The van der Waals surface area contributed by atoms with Crippen molar-refractivity contribution in [1.29, 1.82) is 5.26 Å². The Balaban J connectivity index is 0.000000183. The first kappa shape index (κ1) is 35.6. The van der Waals surface area contributed by atoms with Crippen LogP contribution in [0.3, 0.4) is 0 Å². The molecule has 0 aliphatic rings. The van der Waals surface area contributed by atoms with Gasteiger partial charge in [-0.2, -0.15) is 10.5 Å². The number of carbonyl (C=O) groups is 2. The minimum Gasteiger partial charge on any atom is -0.462 e. The lowest BCUT2D eigenvalue weighted by Crippen LogP contribution is -2.09. The number of rotatable bonds is 9. The van der Waals surface area contributed by atoms with Gasteiger partial charge in [-0.25, -0.2) is 9.59 Å². The van der Waals surface area contributed by atoms with Gasteiger partial charge < -0.3 is 20.1 Å². The van der Waals surface area contributed by atoms with E-state index in [-0.39, 0.29) is 13.2 Å². The first-order valence-electron chi connectivity index (χ1n) is 16.8. The Morgan fingerprint density at radius 2 is 1.26 bits per heavy atom. The highest BCUT2D eigenvalue weighted by atomic mass is 16.5. The molecule has 264 valence electrons. The van der Waals surface area contributed by atoms with E-state index in [9.17, 15) is 14.9 Å². The van der Waals surface area contributed by atoms with E-state index in [1.54, 1.807) is 32.0 Å². The molecule has 3 N–H and O–H groups in total. The maximum Gasteiger partial charge on any atom is 0.341 e. The summed E-state index contributed by atoms with van der Waals surface area (Å²) in [7, 11) is 0. The monoisotopic (exact) mass is 705 g/mol. The number of ether oxygens (including phenoxy) is 2. The van der Waals surface area contributed by atoms with Crippen LogP contribution in [0, 0.1) is 25.2 Å². The van der Waals surface area contributed by atoms with Crippen LogP contribution >= 0.6 is 0 Å². The summed E-state index contributed by atoms with van der Waals surface area (Å²) in [5.74, 6) is -0.427. The highest BCUT2D eigenvalue weighted by Gasteiger charge is 2.20. The summed E-state index contributed by atoms with van der Waals surface area (Å²) in [6.45, 7) is 8.06. The molecule has 0 amide bonds. The molecule has 0 atom stereocenters. The normalized spacial score (nSPS) is 10.5. The molecule has 3 heterocycles. The van der Waals surface area contributed by atoms with Gasteiger partial charge in [-0.3, -0.25) is 9.97 Å². The predicted molar refractivity (Wildman–Crippen MR) is 202 cm³/mol. The highest BCUT2D eigenvalue weighted by molar-refractivity contribution is 6.07. The van der Waals surface area contributed by atoms with Crippen LogP contribution in [-0.4, -0.2) is 55.7 Å². The van der Waals surface area contributed by atoms with Crippen LogP contribution in [-0.2, 0) is 9.47 Å². The van der Waals surface area contributed by atoms with Gasteiger partial charge in [-0.05, 0) is 81.4 Å². The number of fused-ring (bicyclic) bond motifs is 2. The van der Waals surface area contributed by atoms with E-state index in [1.165, 1.54) is 12.4 Å². The lowest BCUT2D eigenvalue weighted by Gasteiger charge is -2.16. The number of anilines is 4. The summed E-state index contributed by atoms with van der Waals surface area (Å²) < 4.78 is 10.4. The van der Waals surface area contributed by atoms with Crippen molar-refractivity contribution in [3.63, 3.8) is 0 Å². The molecule has 3 aromatic heterocycles. The molecular formula is C40H35N9O4. The number of tetrazole rings is 1. The zero-order chi connectivity index (χ0) is 37.3. The second-order valence-electron chi connectivity index (χ2n) is 11.8. The topological polar surface area (TPSA) is 181 Å². The van der Waals surface area contributed by atoms with Crippen LogP contribution in [0.25, 0.3) is 33.2 Å². The number of pyridine rings is 2. The summed E-state index contributed by atoms with van der Waals surface area (Å²) in [5.41, 5.74) is 8.19. The number of aromatic nitrogens is 6. The van der Waals surface area contributed by atoms with E-state index in [0.29, 0.717) is 39.6 Å². The first-order valence-corrected chi connectivity index (χ1v) is 16.8. The van der Waals surface area contributed by atoms with Crippen LogP contribution in [0.15, 0.2) is 97.3 Å². The molecule has 4 aromatic carbocycles. The van der Waals surface area contributed by atoms with Crippen LogP contribution in [0.5, 0.6) is 0 Å². The SMILES string of the molecule is CCOC(=O)c1cnc2ccc(C)cc2c1Nc1ccccc1-c1nn[nH]n1.CCOC(=O)c1cnc2ccc(C)cc2c1Nc1ccccc1C#N. The van der Waals surface area contributed by atoms with Gasteiger partial charge in [-0.15, -0.1) is 10.2 Å². The Morgan fingerprint density at radius 1 is 0.736 bits per heavy atom. The Kier molecular flexibility index (Phi) is 10.9. The van der Waals surface area contributed by atoms with E-state index in [2.05, 4.69) is 47.3 Å². The summed E-state index contributed by atoms with van der Waals surface area (Å²) in [6, 6.07) is 28.6. The van der Waals surface area contributed by atoms with Crippen molar-refractivity contribution >= 4 is 56.5 Å². The van der Waals surface area contributed by atoms with Gasteiger partial charge in [0, 0.05) is 34.4 Å². The Labute approximate surface area is 305 Å².